The molecule has 34 heavy (non-hydrogen) atoms. The molecule has 2 rings (SSSR count). The predicted molar refractivity (Wildman–Crippen MR) is 151 cm³/mol. The first-order chi connectivity index (χ1) is 15.9. The lowest BCUT2D eigenvalue weighted by Crippen LogP contribution is -2.49. The average molecular weight is 481 g/mol. The molecule has 5 nitrogen and oxygen atoms in total. The molecular formula is C28H40N4OS. The van der Waals surface area contributed by atoms with E-state index in [9.17, 15) is 4.79 Å². The van der Waals surface area contributed by atoms with E-state index < -0.39 is 0 Å². The van der Waals surface area contributed by atoms with Crippen molar-refractivity contribution in [1.82, 2.24) is 9.99 Å². The van der Waals surface area contributed by atoms with Crippen molar-refractivity contribution in [3.05, 3.63) is 70.5 Å². The number of rotatable bonds is 13. The lowest BCUT2D eigenvalue weighted by molar-refractivity contribution is 0.0939. The number of hydrogen-bond donors (Lipinski definition) is 3. The van der Waals surface area contributed by atoms with Crippen molar-refractivity contribution in [2.75, 3.05) is 18.1 Å². The second kappa shape index (κ2) is 11.6. The molecule has 1 unspecified atom stereocenters. The number of nitrogens with one attached hydrogen (secondary N) is 1. The van der Waals surface area contributed by atoms with Gasteiger partial charge in [0.25, 0.3) is 0 Å². The monoisotopic (exact) mass is 480 g/mol. The van der Waals surface area contributed by atoms with Crippen LogP contribution in [0, 0.1) is 11.8 Å². The molecule has 1 aromatic heterocycles. The van der Waals surface area contributed by atoms with Gasteiger partial charge in [0.1, 0.15) is 0 Å². The highest BCUT2D eigenvalue weighted by Crippen LogP contribution is 2.16. The number of benzene rings is 1. The highest BCUT2D eigenvalue weighted by molar-refractivity contribution is 7.84. The number of allylic oxidation sites excluding steroid dienone is 2. The van der Waals surface area contributed by atoms with Crippen molar-refractivity contribution in [3.8, 4) is 0 Å². The largest absolute Gasteiger partial charge is 0.387 e. The minimum Gasteiger partial charge on any atom is -0.387 e. The molecule has 0 aliphatic heterocycles. The maximum Gasteiger partial charge on any atom is 0.165 e. The lowest BCUT2D eigenvalue weighted by atomic mass is 9.99. The molecule has 0 spiro atoms. The summed E-state index contributed by atoms with van der Waals surface area (Å²) in [6.45, 7) is 30.3. The first-order valence-electron chi connectivity index (χ1n) is 11.7. The molecule has 0 aliphatic carbocycles. The Morgan fingerprint density at radius 1 is 1.09 bits per heavy atom. The summed E-state index contributed by atoms with van der Waals surface area (Å²) in [7, 11) is 0. The quantitative estimate of drug-likeness (QED) is 0.299. The molecule has 0 amide bonds. The maximum absolute atomic E-state index is 12.6. The number of aromatic nitrogens is 1. The van der Waals surface area contributed by atoms with Gasteiger partial charge in [0.05, 0.1) is 17.2 Å². The van der Waals surface area contributed by atoms with Gasteiger partial charge in [-0.25, -0.2) is 0 Å². The van der Waals surface area contributed by atoms with E-state index in [2.05, 4.69) is 69.7 Å². The van der Waals surface area contributed by atoms with Crippen LogP contribution >= 0.6 is 12.6 Å². The van der Waals surface area contributed by atoms with E-state index in [1.807, 2.05) is 36.7 Å². The summed E-state index contributed by atoms with van der Waals surface area (Å²) in [6, 6.07) is 5.62. The van der Waals surface area contributed by atoms with Gasteiger partial charge in [-0.15, -0.1) is 12.6 Å². The number of carbonyl (C=O) groups excluding carboxylic acids is 1. The minimum atomic E-state index is -0.152. The van der Waals surface area contributed by atoms with Gasteiger partial charge in [-0.3, -0.25) is 14.5 Å². The zero-order valence-corrected chi connectivity index (χ0v) is 22.0. The van der Waals surface area contributed by atoms with Gasteiger partial charge in [-0.2, -0.15) is 0 Å². The fourth-order valence-corrected chi connectivity index (χ4v) is 3.93. The lowest BCUT2D eigenvalue weighted by Gasteiger charge is -2.31. The zero-order valence-electron chi connectivity index (χ0n) is 21.2. The van der Waals surface area contributed by atoms with Crippen LogP contribution in [0.3, 0.4) is 0 Å². The average Bonchev–Trinajstić information content (AvgIpc) is 3.03. The Bertz CT molecular complexity index is 1190. The molecule has 184 valence electrons. The summed E-state index contributed by atoms with van der Waals surface area (Å²) in [4.78, 5) is 13.2. The van der Waals surface area contributed by atoms with Gasteiger partial charge in [0, 0.05) is 46.2 Å². The van der Waals surface area contributed by atoms with Crippen LogP contribution in [0.4, 0.5) is 0 Å². The van der Waals surface area contributed by atoms with Crippen LogP contribution in [0.15, 0.2) is 54.2 Å². The van der Waals surface area contributed by atoms with E-state index in [-0.39, 0.29) is 23.7 Å². The summed E-state index contributed by atoms with van der Waals surface area (Å²) in [5.74, 6) is 0.279. The third-order valence-corrected chi connectivity index (χ3v) is 6.42. The SMILES string of the molecule is C=C(CCC(N)C(=C)S)NCCN(C(=C)C(C)C)n1c(=C)c2ccc(C(=O)C(C)C)cc2c1=C. The fraction of sp³-hybridized carbons (Fsp3) is 0.393. The number of ketones is 1. The van der Waals surface area contributed by atoms with Crippen LogP contribution in [0.5, 0.6) is 0 Å². The predicted octanol–water partition coefficient (Wildman–Crippen LogP) is 4.06. The van der Waals surface area contributed by atoms with Crippen LogP contribution in [-0.4, -0.2) is 29.6 Å². The topological polar surface area (TPSA) is 63.3 Å². The van der Waals surface area contributed by atoms with Crippen molar-refractivity contribution >= 4 is 42.3 Å². The summed E-state index contributed by atoms with van der Waals surface area (Å²) in [5.41, 5.74) is 8.57. The second-order valence-corrected chi connectivity index (χ2v) is 9.99. The molecule has 0 fully saturated rings. The first kappa shape index (κ1) is 27.5. The third-order valence-electron chi connectivity index (χ3n) is 6.08. The van der Waals surface area contributed by atoms with Crippen molar-refractivity contribution in [2.24, 2.45) is 17.6 Å². The number of nitrogens with zero attached hydrogens (tertiary/aromatic N) is 2. The fourth-order valence-electron chi connectivity index (χ4n) is 3.80. The van der Waals surface area contributed by atoms with Crippen LogP contribution < -0.4 is 26.8 Å². The van der Waals surface area contributed by atoms with Crippen LogP contribution in [0.2, 0.25) is 0 Å². The normalized spacial score (nSPS) is 12.2. The Morgan fingerprint density at radius 2 is 1.71 bits per heavy atom. The first-order valence-corrected chi connectivity index (χ1v) is 12.2. The molecule has 1 atom stereocenters. The molecule has 2 aromatic rings. The molecular weight excluding hydrogens is 440 g/mol. The van der Waals surface area contributed by atoms with E-state index in [0.717, 1.165) is 45.7 Å². The van der Waals surface area contributed by atoms with Gasteiger partial charge in [-0.05, 0) is 29.7 Å². The van der Waals surface area contributed by atoms with Crippen LogP contribution in [-0.2, 0) is 0 Å². The molecule has 0 radical (unpaired) electrons. The molecule has 3 N–H and O–H groups in total. The Labute approximate surface area is 209 Å². The molecule has 1 aromatic carbocycles. The van der Waals surface area contributed by atoms with E-state index >= 15 is 0 Å². The van der Waals surface area contributed by atoms with Crippen molar-refractivity contribution in [3.63, 3.8) is 0 Å². The summed E-state index contributed by atoms with van der Waals surface area (Å²) < 4.78 is 2.02. The van der Waals surface area contributed by atoms with Crippen molar-refractivity contribution in [1.29, 1.82) is 0 Å². The highest BCUT2D eigenvalue weighted by atomic mass is 32.1. The smallest absolute Gasteiger partial charge is 0.165 e. The van der Waals surface area contributed by atoms with Crippen molar-refractivity contribution in [2.45, 2.75) is 46.6 Å². The van der Waals surface area contributed by atoms with Gasteiger partial charge in [-0.1, -0.05) is 72.7 Å². The van der Waals surface area contributed by atoms with E-state index in [4.69, 9.17) is 5.73 Å². The van der Waals surface area contributed by atoms with E-state index in [1.165, 1.54) is 0 Å². The van der Waals surface area contributed by atoms with Crippen LogP contribution in [0.25, 0.3) is 23.9 Å². The van der Waals surface area contributed by atoms with Gasteiger partial charge in [0.2, 0.25) is 0 Å². The molecule has 6 heteroatoms. The number of nitrogens with two attached hydrogens (primary N) is 1. The van der Waals surface area contributed by atoms with Gasteiger partial charge < -0.3 is 11.1 Å². The Hall–Kier alpha value is -2.70. The Balaban J connectivity index is 2.31. The Kier molecular flexibility index (Phi) is 9.42. The van der Waals surface area contributed by atoms with Gasteiger partial charge >= 0.3 is 0 Å². The standard InChI is InChI=1S/C28H40N4OS/c1-17(2)20(6)31(15-14-30-19(5)10-13-27(29)23(9)34)32-21(7)25-12-11-24(28(33)18(3)4)16-26(25)22(32)8/h11-12,16-18,27,30,34H,5-10,13-15,29H2,1-4H3. The zero-order chi connectivity index (χ0) is 25.7. The minimum absolute atomic E-state index is 0.0659. The number of Topliss-reactive ketones (excluding diaryl/α,β-unsaturated/α-hetero) is 1. The summed E-state index contributed by atoms with van der Waals surface area (Å²) in [5, 5.41) is 9.02. The summed E-state index contributed by atoms with van der Waals surface area (Å²) in [6.07, 6.45) is 1.48. The Morgan fingerprint density at radius 3 is 2.26 bits per heavy atom. The third kappa shape index (κ3) is 6.24. The van der Waals surface area contributed by atoms with Crippen molar-refractivity contribution < 1.29 is 4.79 Å². The molecule has 0 saturated carbocycles. The van der Waals surface area contributed by atoms with E-state index in [1.54, 1.807) is 0 Å². The number of thiol groups is 1. The number of hydrogen-bond acceptors (Lipinski definition) is 5. The molecule has 0 saturated heterocycles. The number of fused-ring (bicyclic) bond motifs is 1. The van der Waals surface area contributed by atoms with Gasteiger partial charge in [0.15, 0.2) is 5.78 Å². The number of carbonyl (C=O) groups is 1. The second-order valence-electron chi connectivity index (χ2n) is 9.42. The molecule has 1 heterocycles. The highest BCUT2D eigenvalue weighted by Gasteiger charge is 2.18. The maximum atomic E-state index is 12.6. The molecule has 0 bridgehead atoms. The van der Waals surface area contributed by atoms with Crippen LogP contribution in [0.1, 0.15) is 50.9 Å². The van der Waals surface area contributed by atoms with E-state index in [0.29, 0.717) is 23.6 Å². The molecule has 0 aliphatic rings. The summed E-state index contributed by atoms with van der Waals surface area (Å²) >= 11 is 4.22.